The zero-order chi connectivity index (χ0) is 53.5. The molecule has 0 atom stereocenters. The summed E-state index contributed by atoms with van der Waals surface area (Å²) in [6.07, 6.45) is 7.42. The first-order valence-electron chi connectivity index (χ1n) is 23.2. The van der Waals surface area contributed by atoms with Crippen molar-refractivity contribution in [3.05, 3.63) is 106 Å². The van der Waals surface area contributed by atoms with Crippen molar-refractivity contribution >= 4 is 101 Å². The first kappa shape index (κ1) is 58.6. The SMILES string of the molecule is CS(=O)(=O)O.NCCCOc1ccc(CCCCN=C(N)CC(=O)c2nc(Cl)c(N)nc2N)c2ccccc12.NCCCOc1ccc(CCCCN=C(N)CC(=O)c2nc(Cl)c(N)nc2N)c2ccccc12. The van der Waals surface area contributed by atoms with Crippen LogP contribution >= 0.6 is 23.2 Å². The molecule has 0 fully saturated rings. The van der Waals surface area contributed by atoms with Crippen LogP contribution in [-0.4, -0.2) is 102 Å². The Morgan fingerprint density at radius 3 is 1.27 bits per heavy atom. The number of hydrogen-bond donors (Lipinski definition) is 9. The minimum Gasteiger partial charge on any atom is -0.493 e. The number of aromatic nitrogens is 4. The predicted octanol–water partition coefficient (Wildman–Crippen LogP) is 5.76. The van der Waals surface area contributed by atoms with Gasteiger partial charge < -0.3 is 55.3 Å². The standard InChI is InChI=1S/2C24H30ClN7O2.CH4O3S/c2*25-22-24(29)32-23(28)21(31-22)18(33)14-20(27)30-12-4-3-6-15-9-10-19(34-13-5-11-26)17-8-2-1-7-16(15)17;1-5(2,3)4/h2*1-2,7-10H,3-6,11-14,26H2,(H2,27,30)(H4,28,29,32);1H3,(H,2,3,4). The molecule has 0 aliphatic rings. The number of rotatable bonds is 24. The van der Waals surface area contributed by atoms with Gasteiger partial charge in [0.1, 0.15) is 23.2 Å². The molecule has 6 aromatic rings. The third kappa shape index (κ3) is 19.5. The van der Waals surface area contributed by atoms with Gasteiger partial charge in [0.2, 0.25) is 0 Å². The second kappa shape index (κ2) is 29.5. The van der Waals surface area contributed by atoms with E-state index >= 15 is 0 Å². The minimum atomic E-state index is -3.67. The van der Waals surface area contributed by atoms with Gasteiger partial charge in [0.05, 0.1) is 32.3 Å². The van der Waals surface area contributed by atoms with Crippen molar-refractivity contribution in [1.29, 1.82) is 0 Å². The van der Waals surface area contributed by atoms with Crippen molar-refractivity contribution in [1.82, 2.24) is 19.9 Å². The molecule has 0 spiro atoms. The first-order chi connectivity index (χ1) is 34.8. The number of amidine groups is 2. The number of carbonyl (C=O) groups excluding carboxylic acids is 2. The lowest BCUT2D eigenvalue weighted by Crippen LogP contribution is -2.20. The summed E-state index contributed by atoms with van der Waals surface area (Å²) in [5, 5.41) is 4.42. The summed E-state index contributed by atoms with van der Waals surface area (Å²) in [6, 6.07) is 24.7. The van der Waals surface area contributed by atoms with E-state index in [0.717, 1.165) is 73.6 Å². The molecule has 0 saturated carbocycles. The van der Waals surface area contributed by atoms with Gasteiger partial charge in [-0.1, -0.05) is 83.9 Å². The van der Waals surface area contributed by atoms with Gasteiger partial charge in [-0.05, 0) is 98.5 Å². The minimum absolute atomic E-state index is 0.0288. The number of aryl methyl sites for hydroxylation is 2. The Labute approximate surface area is 434 Å². The number of ether oxygens (including phenoxy) is 2. The molecule has 0 aliphatic heterocycles. The highest BCUT2D eigenvalue weighted by Crippen LogP contribution is 2.31. The second-order valence-electron chi connectivity index (χ2n) is 16.4. The number of halogens is 2. The average Bonchev–Trinajstić information content (AvgIpc) is 3.34. The lowest BCUT2D eigenvalue weighted by Gasteiger charge is -2.12. The predicted molar refractivity (Wildman–Crippen MR) is 292 cm³/mol. The van der Waals surface area contributed by atoms with Crippen molar-refractivity contribution < 1.29 is 32.0 Å². The van der Waals surface area contributed by atoms with Gasteiger partial charge in [0.25, 0.3) is 10.1 Å². The van der Waals surface area contributed by atoms with Crippen molar-refractivity contribution in [2.24, 2.45) is 32.9 Å². The van der Waals surface area contributed by atoms with Crippen LogP contribution in [0.4, 0.5) is 23.3 Å². The molecule has 0 unspecified atom stereocenters. The smallest absolute Gasteiger partial charge is 0.261 e. The number of aliphatic imine (C=N–C) groups is 2. The molecule has 392 valence electrons. The van der Waals surface area contributed by atoms with E-state index in [1.54, 1.807) is 0 Å². The Morgan fingerprint density at radius 2 is 0.918 bits per heavy atom. The van der Waals surface area contributed by atoms with Crippen LogP contribution in [0, 0.1) is 0 Å². The number of benzene rings is 4. The number of nitrogens with two attached hydrogens (primary N) is 8. The Hall–Kier alpha value is -6.95. The van der Waals surface area contributed by atoms with E-state index in [1.807, 2.05) is 36.4 Å². The van der Waals surface area contributed by atoms with Gasteiger partial charge in [-0.3, -0.25) is 24.1 Å². The zero-order valence-electron chi connectivity index (χ0n) is 40.6. The lowest BCUT2D eigenvalue weighted by molar-refractivity contribution is 0.0988. The molecule has 0 amide bonds. The van der Waals surface area contributed by atoms with E-state index in [0.29, 0.717) is 45.6 Å². The molecule has 4 aromatic carbocycles. The largest absolute Gasteiger partial charge is 0.493 e. The van der Waals surface area contributed by atoms with Crippen LogP contribution in [0.15, 0.2) is 82.8 Å². The summed E-state index contributed by atoms with van der Waals surface area (Å²) in [5.41, 5.74) is 47.9. The number of nitrogen functional groups attached to an aromatic ring is 4. The maximum Gasteiger partial charge on any atom is 0.261 e. The van der Waals surface area contributed by atoms with E-state index in [9.17, 15) is 18.0 Å². The van der Waals surface area contributed by atoms with Gasteiger partial charge in [0.15, 0.2) is 56.5 Å². The van der Waals surface area contributed by atoms with E-state index < -0.39 is 21.7 Å². The van der Waals surface area contributed by atoms with Crippen LogP contribution in [0.3, 0.4) is 0 Å². The number of carbonyl (C=O) groups is 2. The molecular formula is C49H64Cl2N14O7S. The summed E-state index contributed by atoms with van der Waals surface area (Å²) >= 11 is 11.7. The summed E-state index contributed by atoms with van der Waals surface area (Å²) in [4.78, 5) is 48.8. The molecule has 2 heterocycles. The maximum absolute atomic E-state index is 12.4. The summed E-state index contributed by atoms with van der Waals surface area (Å²) < 4.78 is 37.7. The average molecular weight is 1060 g/mol. The third-order valence-corrected chi connectivity index (χ3v) is 11.1. The van der Waals surface area contributed by atoms with Gasteiger partial charge in [-0.25, -0.2) is 19.9 Å². The number of ketones is 2. The lowest BCUT2D eigenvalue weighted by atomic mass is 9.99. The summed E-state index contributed by atoms with van der Waals surface area (Å²) in [7, 11) is -3.67. The highest BCUT2D eigenvalue weighted by atomic mass is 35.5. The monoisotopic (exact) mass is 1060 g/mol. The number of unbranched alkanes of at least 4 members (excludes halogenated alkanes) is 2. The molecule has 73 heavy (non-hydrogen) atoms. The molecule has 6 rings (SSSR count). The Morgan fingerprint density at radius 1 is 0.562 bits per heavy atom. The number of Topliss-reactive ketones (excluding diaryl/α,β-unsaturated/α-hetero) is 2. The van der Waals surface area contributed by atoms with E-state index in [1.165, 1.54) is 21.9 Å². The van der Waals surface area contributed by atoms with Gasteiger partial charge in [0, 0.05) is 23.9 Å². The van der Waals surface area contributed by atoms with Crippen LogP contribution in [0.2, 0.25) is 10.3 Å². The highest BCUT2D eigenvalue weighted by Gasteiger charge is 2.19. The van der Waals surface area contributed by atoms with Crippen LogP contribution < -0.4 is 55.3 Å². The van der Waals surface area contributed by atoms with E-state index in [2.05, 4.69) is 66.3 Å². The van der Waals surface area contributed by atoms with Crippen molar-refractivity contribution in [2.45, 2.75) is 64.2 Å². The molecule has 0 radical (unpaired) electrons. The highest BCUT2D eigenvalue weighted by molar-refractivity contribution is 7.85. The van der Waals surface area contributed by atoms with E-state index in [-0.39, 0.29) is 69.5 Å². The Kier molecular flexibility index (Phi) is 23.7. The van der Waals surface area contributed by atoms with Crippen LogP contribution in [0.1, 0.15) is 83.5 Å². The number of anilines is 4. The molecular weight excluding hydrogens is 1000 g/mol. The van der Waals surface area contributed by atoms with Gasteiger partial charge >= 0.3 is 0 Å². The topological polar surface area (TPSA) is 391 Å². The summed E-state index contributed by atoms with van der Waals surface area (Å²) in [6.45, 7) is 3.45. The Balaban J connectivity index is 0.000000290. The molecule has 17 N–H and O–H groups in total. The molecule has 2 aromatic heterocycles. The third-order valence-electron chi connectivity index (χ3n) is 10.5. The zero-order valence-corrected chi connectivity index (χ0v) is 42.9. The maximum atomic E-state index is 12.4. The normalized spacial score (nSPS) is 11.6. The molecule has 21 nitrogen and oxygen atoms in total. The van der Waals surface area contributed by atoms with Crippen molar-refractivity contribution in [2.75, 3.05) is 68.6 Å². The second-order valence-corrected chi connectivity index (χ2v) is 18.6. The fraction of sp³-hybridized carbons (Fsp3) is 0.347. The number of nitrogens with zero attached hydrogens (tertiary/aromatic N) is 6. The first-order valence-corrected chi connectivity index (χ1v) is 25.8. The number of fused-ring (bicyclic) bond motifs is 2. The quantitative estimate of drug-likeness (QED) is 0.0114. The molecule has 0 bridgehead atoms. The summed E-state index contributed by atoms with van der Waals surface area (Å²) in [5.74, 6) is 1.14. The van der Waals surface area contributed by atoms with Crippen LogP contribution in [-0.2, 0) is 23.0 Å². The molecule has 24 heteroatoms. The Bertz CT molecular complexity index is 2810. The van der Waals surface area contributed by atoms with Crippen LogP contribution in [0.5, 0.6) is 11.5 Å². The fourth-order valence-electron chi connectivity index (χ4n) is 7.09. The van der Waals surface area contributed by atoms with E-state index in [4.69, 9.17) is 83.1 Å². The van der Waals surface area contributed by atoms with Gasteiger partial charge in [-0.2, -0.15) is 8.42 Å². The fourth-order valence-corrected chi connectivity index (χ4v) is 7.34. The number of hydrogen-bond acceptors (Lipinski definition) is 18. The van der Waals surface area contributed by atoms with Crippen LogP contribution in [0.25, 0.3) is 21.5 Å². The van der Waals surface area contributed by atoms with Gasteiger partial charge in [-0.15, -0.1) is 0 Å². The molecule has 0 aliphatic carbocycles. The molecule has 0 saturated heterocycles. The van der Waals surface area contributed by atoms with Crippen molar-refractivity contribution in [3.63, 3.8) is 0 Å². The van der Waals surface area contributed by atoms with Crippen molar-refractivity contribution in [3.8, 4) is 11.5 Å².